The molecule has 0 saturated carbocycles. The van der Waals surface area contributed by atoms with E-state index in [1.54, 1.807) is 0 Å². The van der Waals surface area contributed by atoms with Crippen molar-refractivity contribution < 1.29 is 13.2 Å². The Morgan fingerprint density at radius 2 is 2.15 bits per heavy atom. The van der Waals surface area contributed by atoms with Gasteiger partial charge < -0.3 is 9.72 Å². The molecule has 0 aromatic carbocycles. The molecule has 1 amide bonds. The fourth-order valence-corrected chi connectivity index (χ4v) is 4.54. The van der Waals surface area contributed by atoms with Crippen molar-refractivity contribution in [1.29, 1.82) is 0 Å². The van der Waals surface area contributed by atoms with Crippen LogP contribution in [0.5, 0.6) is 0 Å². The van der Waals surface area contributed by atoms with Crippen molar-refractivity contribution in [2.24, 2.45) is 0 Å². The number of nitrogens with one attached hydrogen (secondary N) is 1. The van der Waals surface area contributed by atoms with Crippen LogP contribution in [0.15, 0.2) is 24.4 Å². The van der Waals surface area contributed by atoms with E-state index in [1.165, 1.54) is 10.6 Å². The van der Waals surface area contributed by atoms with Gasteiger partial charge in [-0.15, -0.1) is 0 Å². The Bertz CT molecular complexity index is 907. The monoisotopic (exact) mass is 392 g/mol. The third-order valence-corrected chi connectivity index (χ3v) is 6.34. The van der Waals surface area contributed by atoms with Gasteiger partial charge in [-0.2, -0.15) is 0 Å². The Balaban J connectivity index is 1.87. The fraction of sp³-hybridized carbons (Fsp3) is 0.579. The van der Waals surface area contributed by atoms with Gasteiger partial charge in [0.05, 0.1) is 11.8 Å². The molecule has 1 unspecified atom stereocenters. The Morgan fingerprint density at radius 1 is 1.33 bits per heavy atom. The minimum absolute atomic E-state index is 0.0231. The quantitative estimate of drug-likeness (QED) is 0.734. The minimum Gasteiger partial charge on any atom is -0.351 e. The molecule has 0 spiro atoms. The number of pyridine rings is 1. The number of rotatable bonds is 7. The molecule has 1 aliphatic heterocycles. The number of sulfonamides is 1. The van der Waals surface area contributed by atoms with E-state index in [9.17, 15) is 13.2 Å². The first-order valence-electron chi connectivity index (χ1n) is 9.62. The third kappa shape index (κ3) is 4.50. The van der Waals surface area contributed by atoms with Crippen LogP contribution in [0.25, 0.3) is 5.52 Å². The number of amides is 1. The van der Waals surface area contributed by atoms with Gasteiger partial charge in [-0.3, -0.25) is 4.79 Å². The second-order valence-electron chi connectivity index (χ2n) is 7.20. The second kappa shape index (κ2) is 8.39. The molecule has 7 nitrogen and oxygen atoms in total. The van der Waals surface area contributed by atoms with E-state index in [4.69, 9.17) is 0 Å². The molecule has 0 aliphatic carbocycles. The highest BCUT2D eigenvalue weighted by molar-refractivity contribution is 7.88. The number of aromatic nitrogens is 2. The molecule has 2 aromatic heterocycles. The molecule has 1 aliphatic rings. The summed E-state index contributed by atoms with van der Waals surface area (Å²) >= 11 is 0. The SMILES string of the molecule is CCCCCNC(=O)c1nc(C2CCCN(S(C)(=O)=O)C2)n2ccccc12. The molecule has 3 rings (SSSR count). The lowest BCUT2D eigenvalue weighted by Crippen LogP contribution is -2.38. The molecule has 148 valence electrons. The first kappa shape index (κ1) is 19.8. The highest BCUT2D eigenvalue weighted by atomic mass is 32.2. The van der Waals surface area contributed by atoms with Gasteiger partial charge in [0.2, 0.25) is 10.0 Å². The average molecular weight is 393 g/mol. The van der Waals surface area contributed by atoms with Gasteiger partial charge in [0.15, 0.2) is 5.69 Å². The number of hydrogen-bond donors (Lipinski definition) is 1. The van der Waals surface area contributed by atoms with Crippen molar-refractivity contribution in [2.75, 3.05) is 25.9 Å². The Hall–Kier alpha value is -1.93. The van der Waals surface area contributed by atoms with E-state index < -0.39 is 10.0 Å². The van der Waals surface area contributed by atoms with Gasteiger partial charge in [-0.25, -0.2) is 17.7 Å². The minimum atomic E-state index is -3.23. The molecule has 2 aromatic rings. The molecule has 27 heavy (non-hydrogen) atoms. The summed E-state index contributed by atoms with van der Waals surface area (Å²) in [6, 6.07) is 5.67. The van der Waals surface area contributed by atoms with Crippen molar-refractivity contribution in [2.45, 2.75) is 44.9 Å². The lowest BCUT2D eigenvalue weighted by molar-refractivity contribution is 0.0950. The summed E-state index contributed by atoms with van der Waals surface area (Å²) in [5, 5.41) is 2.95. The Morgan fingerprint density at radius 3 is 2.89 bits per heavy atom. The average Bonchev–Trinajstić information content (AvgIpc) is 3.04. The van der Waals surface area contributed by atoms with Crippen LogP contribution in [0.3, 0.4) is 0 Å². The molecule has 1 N–H and O–H groups in total. The maximum absolute atomic E-state index is 12.6. The van der Waals surface area contributed by atoms with Crippen LogP contribution in [0.1, 0.15) is 61.3 Å². The van der Waals surface area contributed by atoms with E-state index in [1.807, 2.05) is 28.8 Å². The molecular formula is C19H28N4O3S. The summed E-state index contributed by atoms with van der Waals surface area (Å²) in [5.74, 6) is 0.569. The first-order chi connectivity index (χ1) is 12.9. The van der Waals surface area contributed by atoms with Gasteiger partial charge in [-0.1, -0.05) is 25.8 Å². The maximum atomic E-state index is 12.6. The highest BCUT2D eigenvalue weighted by Crippen LogP contribution is 2.29. The number of fused-ring (bicyclic) bond motifs is 1. The zero-order valence-electron chi connectivity index (χ0n) is 16.0. The number of imidazole rings is 1. The first-order valence-corrected chi connectivity index (χ1v) is 11.5. The van der Waals surface area contributed by atoms with Crippen LogP contribution < -0.4 is 5.32 Å². The highest BCUT2D eigenvalue weighted by Gasteiger charge is 2.30. The molecule has 8 heteroatoms. The van der Waals surface area contributed by atoms with Gasteiger partial charge in [0.1, 0.15) is 5.82 Å². The number of nitrogens with zero attached hydrogens (tertiary/aromatic N) is 3. The van der Waals surface area contributed by atoms with Crippen LogP contribution in [-0.2, 0) is 10.0 Å². The number of unbranched alkanes of at least 4 members (excludes halogenated alkanes) is 2. The predicted molar refractivity (Wildman–Crippen MR) is 105 cm³/mol. The smallest absolute Gasteiger partial charge is 0.272 e. The van der Waals surface area contributed by atoms with Crippen molar-refractivity contribution in [3.05, 3.63) is 35.9 Å². The lowest BCUT2D eigenvalue weighted by atomic mass is 9.99. The van der Waals surface area contributed by atoms with E-state index in [0.717, 1.165) is 43.4 Å². The van der Waals surface area contributed by atoms with Gasteiger partial charge >= 0.3 is 0 Å². The van der Waals surface area contributed by atoms with Crippen molar-refractivity contribution in [3.63, 3.8) is 0 Å². The summed E-state index contributed by atoms with van der Waals surface area (Å²) in [4.78, 5) is 17.3. The van der Waals surface area contributed by atoms with Crippen LogP contribution in [-0.4, -0.2) is 53.9 Å². The number of piperidine rings is 1. The maximum Gasteiger partial charge on any atom is 0.272 e. The molecule has 3 heterocycles. The zero-order valence-corrected chi connectivity index (χ0v) is 16.8. The van der Waals surface area contributed by atoms with Crippen molar-refractivity contribution >= 4 is 21.4 Å². The number of carbonyl (C=O) groups excluding carboxylic acids is 1. The van der Waals surface area contributed by atoms with Crippen LogP contribution in [0, 0.1) is 0 Å². The van der Waals surface area contributed by atoms with Crippen molar-refractivity contribution in [1.82, 2.24) is 19.0 Å². The van der Waals surface area contributed by atoms with E-state index in [-0.39, 0.29) is 11.8 Å². The van der Waals surface area contributed by atoms with Gasteiger partial charge in [0, 0.05) is 31.7 Å². The number of hydrogen-bond acceptors (Lipinski definition) is 4. The predicted octanol–water partition coefficient (Wildman–Crippen LogP) is 2.39. The summed E-state index contributed by atoms with van der Waals surface area (Å²) in [6.07, 6.45) is 7.92. The summed E-state index contributed by atoms with van der Waals surface area (Å²) in [6.45, 7) is 3.72. The van der Waals surface area contributed by atoms with E-state index in [0.29, 0.717) is 25.3 Å². The van der Waals surface area contributed by atoms with Crippen LogP contribution >= 0.6 is 0 Å². The van der Waals surface area contributed by atoms with Gasteiger partial charge in [-0.05, 0) is 31.4 Å². The van der Waals surface area contributed by atoms with Crippen molar-refractivity contribution in [3.8, 4) is 0 Å². The zero-order chi connectivity index (χ0) is 19.4. The third-order valence-electron chi connectivity index (χ3n) is 5.07. The summed E-state index contributed by atoms with van der Waals surface area (Å²) in [7, 11) is -3.23. The fourth-order valence-electron chi connectivity index (χ4n) is 3.63. The van der Waals surface area contributed by atoms with E-state index >= 15 is 0 Å². The Kier molecular flexibility index (Phi) is 6.16. The molecule has 1 saturated heterocycles. The van der Waals surface area contributed by atoms with Crippen LogP contribution in [0.4, 0.5) is 0 Å². The van der Waals surface area contributed by atoms with Gasteiger partial charge in [0.25, 0.3) is 5.91 Å². The normalized spacial score (nSPS) is 18.7. The molecular weight excluding hydrogens is 364 g/mol. The lowest BCUT2D eigenvalue weighted by Gasteiger charge is -2.30. The topological polar surface area (TPSA) is 83.8 Å². The Labute approximate surface area is 160 Å². The summed E-state index contributed by atoms with van der Waals surface area (Å²) < 4.78 is 27.3. The largest absolute Gasteiger partial charge is 0.351 e. The van der Waals surface area contributed by atoms with E-state index in [2.05, 4.69) is 17.2 Å². The molecule has 1 atom stereocenters. The summed E-state index contributed by atoms with van der Waals surface area (Å²) in [5.41, 5.74) is 1.18. The molecule has 0 bridgehead atoms. The molecule has 1 fully saturated rings. The standard InChI is InChI=1S/C19H28N4O3S/c1-3-4-6-11-20-19(24)17-16-10-5-7-13-23(16)18(21-17)15-9-8-12-22(14-15)27(2,25)26/h5,7,10,13,15H,3-4,6,8-9,11-12,14H2,1-2H3,(H,20,24). The second-order valence-corrected chi connectivity index (χ2v) is 9.18. The van der Waals surface area contributed by atoms with Crippen LogP contribution in [0.2, 0.25) is 0 Å². The number of carbonyl (C=O) groups is 1. The molecule has 0 radical (unpaired) electrons.